The van der Waals surface area contributed by atoms with Crippen LogP contribution in [0, 0.1) is 0 Å². The molecule has 0 amide bonds. The molecule has 0 aliphatic rings. The standard InChI is InChI=1S/C21H19N3O/c1-21(2,22)16-6-3-14(4-7-16)17-8-5-15-11-23-10-9-18(15)20(17)19-12-24-13-25-19/h3-13H,22H2,1-2H3. The number of rotatable bonds is 3. The molecule has 0 bridgehead atoms. The lowest BCUT2D eigenvalue weighted by atomic mass is 9.90. The highest BCUT2D eigenvalue weighted by molar-refractivity contribution is 6.02. The van der Waals surface area contributed by atoms with Gasteiger partial charge in [-0.05, 0) is 42.0 Å². The van der Waals surface area contributed by atoms with Crippen molar-refractivity contribution in [1.82, 2.24) is 9.97 Å². The van der Waals surface area contributed by atoms with E-state index in [0.29, 0.717) is 0 Å². The Morgan fingerprint density at radius 2 is 1.72 bits per heavy atom. The molecule has 0 unspecified atom stereocenters. The van der Waals surface area contributed by atoms with E-state index in [4.69, 9.17) is 10.2 Å². The van der Waals surface area contributed by atoms with Gasteiger partial charge in [-0.15, -0.1) is 0 Å². The van der Waals surface area contributed by atoms with Crippen LogP contribution in [0.3, 0.4) is 0 Å². The quantitative estimate of drug-likeness (QED) is 0.589. The number of nitrogens with zero attached hydrogens (tertiary/aromatic N) is 2. The number of pyridine rings is 1. The van der Waals surface area contributed by atoms with Gasteiger partial charge in [-0.25, -0.2) is 4.98 Å². The molecule has 4 aromatic rings. The number of hydrogen-bond donors (Lipinski definition) is 1. The topological polar surface area (TPSA) is 64.9 Å². The lowest BCUT2D eigenvalue weighted by Gasteiger charge is -2.19. The van der Waals surface area contributed by atoms with Gasteiger partial charge in [-0.2, -0.15) is 0 Å². The molecule has 0 saturated carbocycles. The van der Waals surface area contributed by atoms with Crippen LogP contribution in [-0.4, -0.2) is 9.97 Å². The van der Waals surface area contributed by atoms with Crippen molar-refractivity contribution in [3.63, 3.8) is 0 Å². The summed E-state index contributed by atoms with van der Waals surface area (Å²) in [6.07, 6.45) is 6.86. The first-order valence-electron chi connectivity index (χ1n) is 8.19. The van der Waals surface area contributed by atoms with Crippen LogP contribution in [0.5, 0.6) is 0 Å². The second-order valence-electron chi connectivity index (χ2n) is 6.75. The van der Waals surface area contributed by atoms with Crippen molar-refractivity contribution in [1.29, 1.82) is 0 Å². The first-order chi connectivity index (χ1) is 12.0. The highest BCUT2D eigenvalue weighted by Gasteiger charge is 2.17. The Kier molecular flexibility index (Phi) is 3.62. The van der Waals surface area contributed by atoms with Crippen molar-refractivity contribution < 1.29 is 4.42 Å². The fraction of sp³-hybridized carbons (Fsp3) is 0.143. The SMILES string of the molecule is CC(C)(N)c1ccc(-c2ccc3cnccc3c2-c2cnco2)cc1. The summed E-state index contributed by atoms with van der Waals surface area (Å²) in [5, 5.41) is 2.16. The van der Waals surface area contributed by atoms with Crippen molar-refractivity contribution in [3.05, 3.63) is 73.0 Å². The molecular weight excluding hydrogens is 310 g/mol. The summed E-state index contributed by atoms with van der Waals surface area (Å²) in [6, 6.07) is 14.6. The average molecular weight is 329 g/mol. The average Bonchev–Trinajstić information content (AvgIpc) is 3.14. The van der Waals surface area contributed by atoms with Gasteiger partial charge in [0, 0.05) is 28.9 Å². The summed E-state index contributed by atoms with van der Waals surface area (Å²) >= 11 is 0. The van der Waals surface area contributed by atoms with Gasteiger partial charge in [0.2, 0.25) is 0 Å². The summed E-state index contributed by atoms with van der Waals surface area (Å²) in [6.45, 7) is 4.01. The third-order valence-electron chi connectivity index (χ3n) is 4.44. The van der Waals surface area contributed by atoms with Crippen LogP contribution in [0.4, 0.5) is 0 Å². The maximum Gasteiger partial charge on any atom is 0.181 e. The second kappa shape index (κ2) is 5.83. The molecule has 25 heavy (non-hydrogen) atoms. The molecule has 2 aromatic carbocycles. The van der Waals surface area contributed by atoms with Crippen molar-refractivity contribution in [3.8, 4) is 22.5 Å². The van der Waals surface area contributed by atoms with E-state index in [-0.39, 0.29) is 5.54 Å². The minimum atomic E-state index is -0.360. The van der Waals surface area contributed by atoms with Crippen molar-refractivity contribution in [2.75, 3.05) is 0 Å². The summed E-state index contributed by atoms with van der Waals surface area (Å²) in [5.41, 5.74) is 10.2. The Morgan fingerprint density at radius 3 is 2.40 bits per heavy atom. The summed E-state index contributed by atoms with van der Waals surface area (Å²) in [5.74, 6) is 0.745. The predicted molar refractivity (Wildman–Crippen MR) is 99.9 cm³/mol. The maximum atomic E-state index is 6.20. The molecule has 0 atom stereocenters. The molecule has 0 fully saturated rings. The van der Waals surface area contributed by atoms with Crippen LogP contribution in [0.15, 0.2) is 71.9 Å². The van der Waals surface area contributed by atoms with Crippen LogP contribution >= 0.6 is 0 Å². The molecule has 2 heterocycles. The zero-order chi connectivity index (χ0) is 17.4. The van der Waals surface area contributed by atoms with Gasteiger partial charge < -0.3 is 10.2 Å². The van der Waals surface area contributed by atoms with Crippen LogP contribution in [0.1, 0.15) is 19.4 Å². The Morgan fingerprint density at radius 1 is 0.920 bits per heavy atom. The summed E-state index contributed by atoms with van der Waals surface area (Å²) < 4.78 is 5.62. The number of hydrogen-bond acceptors (Lipinski definition) is 4. The molecular formula is C21H19N3O. The van der Waals surface area contributed by atoms with Gasteiger partial charge in [-0.1, -0.05) is 36.4 Å². The first kappa shape index (κ1) is 15.5. The van der Waals surface area contributed by atoms with Crippen molar-refractivity contribution in [2.24, 2.45) is 5.73 Å². The molecule has 0 aliphatic heterocycles. The van der Waals surface area contributed by atoms with E-state index >= 15 is 0 Å². The lowest BCUT2D eigenvalue weighted by Crippen LogP contribution is -2.28. The maximum absolute atomic E-state index is 6.20. The summed E-state index contributed by atoms with van der Waals surface area (Å²) in [4.78, 5) is 8.30. The highest BCUT2D eigenvalue weighted by Crippen LogP contribution is 2.38. The van der Waals surface area contributed by atoms with Crippen LogP contribution in [-0.2, 0) is 5.54 Å². The van der Waals surface area contributed by atoms with E-state index in [1.807, 2.05) is 26.1 Å². The summed E-state index contributed by atoms with van der Waals surface area (Å²) in [7, 11) is 0. The minimum Gasteiger partial charge on any atom is -0.443 e. The van der Waals surface area contributed by atoms with Crippen molar-refractivity contribution in [2.45, 2.75) is 19.4 Å². The largest absolute Gasteiger partial charge is 0.443 e. The molecule has 0 radical (unpaired) electrons. The van der Waals surface area contributed by atoms with Gasteiger partial charge >= 0.3 is 0 Å². The van der Waals surface area contributed by atoms with Crippen LogP contribution in [0.2, 0.25) is 0 Å². The van der Waals surface area contributed by atoms with Crippen LogP contribution in [0.25, 0.3) is 33.2 Å². The Labute approximate surface area is 146 Å². The van der Waals surface area contributed by atoms with Gasteiger partial charge in [0.1, 0.15) is 0 Å². The normalized spacial score (nSPS) is 11.8. The highest BCUT2D eigenvalue weighted by atomic mass is 16.3. The third-order valence-corrected chi connectivity index (χ3v) is 4.44. The molecule has 4 heteroatoms. The fourth-order valence-corrected chi connectivity index (χ4v) is 3.09. The predicted octanol–water partition coefficient (Wildman–Crippen LogP) is 4.75. The Bertz CT molecular complexity index is 1010. The second-order valence-corrected chi connectivity index (χ2v) is 6.75. The van der Waals surface area contributed by atoms with E-state index in [9.17, 15) is 0 Å². The van der Waals surface area contributed by atoms with Gasteiger partial charge in [-0.3, -0.25) is 4.98 Å². The first-order valence-corrected chi connectivity index (χ1v) is 8.19. The number of nitrogens with two attached hydrogens (primary N) is 1. The Hall–Kier alpha value is -2.98. The molecule has 2 aromatic heterocycles. The van der Waals surface area contributed by atoms with E-state index in [2.05, 4.69) is 46.4 Å². The molecule has 4 nitrogen and oxygen atoms in total. The van der Waals surface area contributed by atoms with E-state index in [0.717, 1.165) is 38.8 Å². The number of fused-ring (bicyclic) bond motifs is 1. The van der Waals surface area contributed by atoms with Crippen LogP contribution < -0.4 is 5.73 Å². The van der Waals surface area contributed by atoms with E-state index < -0.39 is 0 Å². The minimum absolute atomic E-state index is 0.360. The molecule has 0 saturated heterocycles. The number of oxazole rings is 1. The molecule has 0 spiro atoms. The lowest BCUT2D eigenvalue weighted by molar-refractivity contribution is 0.554. The van der Waals surface area contributed by atoms with Gasteiger partial charge in [0.15, 0.2) is 12.2 Å². The number of aromatic nitrogens is 2. The van der Waals surface area contributed by atoms with E-state index in [1.165, 1.54) is 6.39 Å². The molecule has 124 valence electrons. The fourth-order valence-electron chi connectivity index (χ4n) is 3.09. The van der Waals surface area contributed by atoms with E-state index in [1.54, 1.807) is 12.4 Å². The molecule has 2 N–H and O–H groups in total. The van der Waals surface area contributed by atoms with Gasteiger partial charge in [0.25, 0.3) is 0 Å². The smallest absolute Gasteiger partial charge is 0.181 e. The zero-order valence-electron chi connectivity index (χ0n) is 14.2. The third kappa shape index (κ3) is 2.81. The zero-order valence-corrected chi connectivity index (χ0v) is 14.2. The monoisotopic (exact) mass is 329 g/mol. The molecule has 0 aliphatic carbocycles. The van der Waals surface area contributed by atoms with Crippen molar-refractivity contribution >= 4 is 10.8 Å². The Balaban J connectivity index is 1.94. The molecule has 4 rings (SSSR count). The van der Waals surface area contributed by atoms with Gasteiger partial charge in [0.05, 0.1) is 6.20 Å². The number of benzene rings is 2.